The van der Waals surface area contributed by atoms with Crippen molar-refractivity contribution >= 4 is 22.5 Å². The Hall–Kier alpha value is -3.09. The molecule has 0 atom stereocenters. The molecule has 0 aliphatic rings. The van der Waals surface area contributed by atoms with Crippen molar-refractivity contribution in [1.82, 2.24) is 15.2 Å². The third kappa shape index (κ3) is 2.12. The Bertz CT molecular complexity index is 851. The Labute approximate surface area is 126 Å². The summed E-state index contributed by atoms with van der Waals surface area (Å²) in [6, 6.07) is 9.46. The van der Waals surface area contributed by atoms with Gasteiger partial charge in [-0.15, -0.1) is 10.2 Å². The number of hydrogen-bond donors (Lipinski definition) is 2. The molecule has 0 fully saturated rings. The second-order valence-corrected chi connectivity index (χ2v) is 4.60. The second kappa shape index (κ2) is 5.36. The van der Waals surface area contributed by atoms with Crippen LogP contribution in [-0.4, -0.2) is 29.4 Å². The van der Waals surface area contributed by atoms with Gasteiger partial charge in [0.25, 0.3) is 0 Å². The summed E-state index contributed by atoms with van der Waals surface area (Å²) < 4.78 is 10.8. The van der Waals surface area contributed by atoms with Crippen molar-refractivity contribution in [3.8, 4) is 22.8 Å². The van der Waals surface area contributed by atoms with Gasteiger partial charge in [-0.25, -0.2) is 0 Å². The van der Waals surface area contributed by atoms with E-state index in [0.29, 0.717) is 17.0 Å². The van der Waals surface area contributed by atoms with Crippen molar-refractivity contribution in [2.24, 2.45) is 0 Å². The average Bonchev–Trinajstić information content (AvgIpc) is 2.53. The van der Waals surface area contributed by atoms with Gasteiger partial charge in [-0.05, 0) is 23.6 Å². The number of hydrogen-bond acceptors (Lipinski definition) is 7. The quantitative estimate of drug-likeness (QED) is 0.759. The molecule has 0 aliphatic heterocycles. The summed E-state index contributed by atoms with van der Waals surface area (Å²) in [5.41, 5.74) is 12.6. The van der Waals surface area contributed by atoms with Gasteiger partial charge in [-0.2, -0.15) is 4.98 Å². The lowest BCUT2D eigenvalue weighted by Gasteiger charge is -2.14. The minimum absolute atomic E-state index is 0.0260. The van der Waals surface area contributed by atoms with Gasteiger partial charge in [-0.3, -0.25) is 0 Å². The first-order valence-corrected chi connectivity index (χ1v) is 6.55. The first-order chi connectivity index (χ1) is 10.7. The average molecular weight is 297 g/mol. The van der Waals surface area contributed by atoms with E-state index in [-0.39, 0.29) is 11.8 Å². The zero-order valence-corrected chi connectivity index (χ0v) is 12.2. The largest absolute Gasteiger partial charge is 0.496 e. The van der Waals surface area contributed by atoms with Crippen LogP contribution in [0, 0.1) is 0 Å². The molecular weight excluding hydrogens is 282 g/mol. The number of fused-ring (bicyclic) bond motifs is 1. The lowest BCUT2D eigenvalue weighted by Crippen LogP contribution is -2.05. The van der Waals surface area contributed by atoms with E-state index in [4.69, 9.17) is 20.9 Å². The fraction of sp³-hybridized carbons (Fsp3) is 0.133. The molecule has 7 heteroatoms. The van der Waals surface area contributed by atoms with Gasteiger partial charge in [0.15, 0.2) is 5.82 Å². The van der Waals surface area contributed by atoms with E-state index in [1.807, 2.05) is 30.3 Å². The van der Waals surface area contributed by atoms with Crippen LogP contribution in [0.2, 0.25) is 0 Å². The number of anilines is 2. The zero-order valence-electron chi connectivity index (χ0n) is 12.2. The van der Waals surface area contributed by atoms with E-state index in [2.05, 4.69) is 15.2 Å². The Balaban J connectivity index is 2.40. The van der Waals surface area contributed by atoms with Crippen LogP contribution in [0.1, 0.15) is 0 Å². The lowest BCUT2D eigenvalue weighted by atomic mass is 10.00. The van der Waals surface area contributed by atoms with Gasteiger partial charge in [0.1, 0.15) is 17.2 Å². The number of ether oxygens (including phenoxy) is 2. The van der Waals surface area contributed by atoms with E-state index < -0.39 is 0 Å². The molecule has 0 amide bonds. The second-order valence-electron chi connectivity index (χ2n) is 4.60. The van der Waals surface area contributed by atoms with Crippen LogP contribution in [0.5, 0.6) is 11.5 Å². The van der Waals surface area contributed by atoms with Gasteiger partial charge in [0.2, 0.25) is 5.95 Å². The molecule has 7 nitrogen and oxygen atoms in total. The molecule has 3 rings (SSSR count). The molecule has 0 unspecified atom stereocenters. The molecule has 1 heterocycles. The maximum absolute atomic E-state index is 5.96. The number of methoxy groups -OCH3 is 2. The van der Waals surface area contributed by atoms with Gasteiger partial charge >= 0.3 is 0 Å². The summed E-state index contributed by atoms with van der Waals surface area (Å²) in [5.74, 6) is 1.59. The standard InChI is InChI=1S/C15H15N5O2/c1-21-10-5-3-4-9-8(10)6-7-11(22-2)12(9)13-14(16)18-15(17)20-19-13/h3-7H,1-2H3,(H4,16,17,18,20). The Morgan fingerprint density at radius 3 is 2.32 bits per heavy atom. The molecule has 4 N–H and O–H groups in total. The first kappa shape index (κ1) is 13.9. The molecule has 3 aromatic rings. The van der Waals surface area contributed by atoms with E-state index in [1.54, 1.807) is 14.2 Å². The Kier molecular flexibility index (Phi) is 3.38. The summed E-state index contributed by atoms with van der Waals surface area (Å²) in [6.07, 6.45) is 0. The fourth-order valence-corrected chi connectivity index (χ4v) is 2.43. The summed E-state index contributed by atoms with van der Waals surface area (Å²) in [5, 5.41) is 9.67. The van der Waals surface area contributed by atoms with E-state index in [9.17, 15) is 0 Å². The van der Waals surface area contributed by atoms with Crippen molar-refractivity contribution in [2.45, 2.75) is 0 Å². The highest BCUT2D eigenvalue weighted by atomic mass is 16.5. The monoisotopic (exact) mass is 297 g/mol. The normalized spacial score (nSPS) is 10.6. The predicted octanol–water partition coefficient (Wildman–Crippen LogP) is 1.87. The van der Waals surface area contributed by atoms with Crippen LogP contribution in [0.25, 0.3) is 22.0 Å². The molecule has 0 spiro atoms. The molecule has 0 aliphatic carbocycles. The van der Waals surface area contributed by atoms with E-state index in [1.165, 1.54) is 0 Å². The van der Waals surface area contributed by atoms with Gasteiger partial charge in [0, 0.05) is 5.39 Å². The molecule has 112 valence electrons. The smallest absolute Gasteiger partial charge is 0.242 e. The molecule has 0 radical (unpaired) electrons. The highest BCUT2D eigenvalue weighted by Gasteiger charge is 2.18. The van der Waals surface area contributed by atoms with E-state index in [0.717, 1.165) is 16.5 Å². The van der Waals surface area contributed by atoms with Gasteiger partial charge in [0.05, 0.1) is 19.8 Å². The third-order valence-corrected chi connectivity index (χ3v) is 3.39. The highest BCUT2D eigenvalue weighted by Crippen LogP contribution is 2.40. The summed E-state index contributed by atoms with van der Waals surface area (Å²) in [6.45, 7) is 0. The number of rotatable bonds is 3. The topological polar surface area (TPSA) is 109 Å². The van der Waals surface area contributed by atoms with Crippen molar-refractivity contribution < 1.29 is 9.47 Å². The Morgan fingerprint density at radius 1 is 0.864 bits per heavy atom. The van der Waals surface area contributed by atoms with Crippen LogP contribution in [0.15, 0.2) is 30.3 Å². The number of benzene rings is 2. The highest BCUT2D eigenvalue weighted by molar-refractivity contribution is 6.03. The number of nitrogens with two attached hydrogens (primary N) is 2. The molecule has 1 aromatic heterocycles. The van der Waals surface area contributed by atoms with Crippen LogP contribution >= 0.6 is 0 Å². The molecule has 0 saturated heterocycles. The first-order valence-electron chi connectivity index (χ1n) is 6.55. The Morgan fingerprint density at radius 2 is 1.64 bits per heavy atom. The van der Waals surface area contributed by atoms with Crippen molar-refractivity contribution in [2.75, 3.05) is 25.7 Å². The minimum atomic E-state index is 0.0260. The maximum atomic E-state index is 5.96. The molecular formula is C15H15N5O2. The van der Waals surface area contributed by atoms with Crippen LogP contribution in [0.3, 0.4) is 0 Å². The zero-order chi connectivity index (χ0) is 15.7. The SMILES string of the molecule is COc1ccc2c(OC)cccc2c1-c1nnc(N)nc1N. The number of nitrogen functional groups attached to an aromatic ring is 2. The van der Waals surface area contributed by atoms with Crippen molar-refractivity contribution in [3.63, 3.8) is 0 Å². The predicted molar refractivity (Wildman–Crippen MR) is 84.7 cm³/mol. The fourth-order valence-electron chi connectivity index (χ4n) is 2.43. The maximum Gasteiger partial charge on any atom is 0.242 e. The summed E-state index contributed by atoms with van der Waals surface area (Å²) >= 11 is 0. The molecule has 22 heavy (non-hydrogen) atoms. The van der Waals surface area contributed by atoms with Gasteiger partial charge < -0.3 is 20.9 Å². The molecule has 2 aromatic carbocycles. The lowest BCUT2D eigenvalue weighted by molar-refractivity contribution is 0.415. The third-order valence-electron chi connectivity index (χ3n) is 3.39. The van der Waals surface area contributed by atoms with E-state index >= 15 is 0 Å². The van der Waals surface area contributed by atoms with Crippen molar-refractivity contribution in [3.05, 3.63) is 30.3 Å². The van der Waals surface area contributed by atoms with Crippen LogP contribution in [0.4, 0.5) is 11.8 Å². The molecule has 0 bridgehead atoms. The summed E-state index contributed by atoms with van der Waals surface area (Å²) in [4.78, 5) is 3.97. The number of aromatic nitrogens is 3. The number of nitrogens with zero attached hydrogens (tertiary/aromatic N) is 3. The minimum Gasteiger partial charge on any atom is -0.496 e. The molecule has 0 saturated carbocycles. The van der Waals surface area contributed by atoms with Crippen LogP contribution in [-0.2, 0) is 0 Å². The van der Waals surface area contributed by atoms with Gasteiger partial charge in [-0.1, -0.05) is 12.1 Å². The summed E-state index contributed by atoms with van der Waals surface area (Å²) in [7, 11) is 3.21. The van der Waals surface area contributed by atoms with Crippen LogP contribution < -0.4 is 20.9 Å². The van der Waals surface area contributed by atoms with Crippen molar-refractivity contribution in [1.29, 1.82) is 0 Å².